The molecule has 4 rings (SSSR count). The van der Waals surface area contributed by atoms with Crippen LogP contribution in [0.4, 0.5) is 0 Å². The van der Waals surface area contributed by atoms with Crippen molar-refractivity contribution in [1.29, 1.82) is 0 Å². The van der Waals surface area contributed by atoms with Gasteiger partial charge in [0.1, 0.15) is 0 Å². The Morgan fingerprint density at radius 1 is 1.21 bits per heavy atom. The maximum absolute atomic E-state index is 12.5. The van der Waals surface area contributed by atoms with Gasteiger partial charge in [0.15, 0.2) is 0 Å². The molecule has 1 aromatic carbocycles. The van der Waals surface area contributed by atoms with Crippen molar-refractivity contribution in [3.05, 3.63) is 47.5 Å². The summed E-state index contributed by atoms with van der Waals surface area (Å²) in [4.78, 5) is 25.8. The van der Waals surface area contributed by atoms with Crippen molar-refractivity contribution in [3.63, 3.8) is 0 Å². The molecule has 1 N–H and O–H groups in total. The highest BCUT2D eigenvalue weighted by atomic mass is 32.2. The predicted octanol–water partition coefficient (Wildman–Crippen LogP) is 2.56. The Bertz CT molecular complexity index is 1180. The highest BCUT2D eigenvalue weighted by molar-refractivity contribution is 7.98. The number of aromatic nitrogens is 6. The van der Waals surface area contributed by atoms with E-state index in [9.17, 15) is 4.79 Å². The molecule has 29 heavy (non-hydrogen) atoms. The number of para-hydroxylation sites is 2. The first-order valence-corrected chi connectivity index (χ1v) is 10.7. The summed E-state index contributed by atoms with van der Waals surface area (Å²) in [6, 6.07) is 8.05. The van der Waals surface area contributed by atoms with Crippen molar-refractivity contribution in [1.82, 2.24) is 34.4 Å². The van der Waals surface area contributed by atoms with Crippen molar-refractivity contribution in [3.8, 4) is 0 Å². The van der Waals surface area contributed by atoms with Crippen molar-refractivity contribution in [2.75, 3.05) is 12.8 Å². The van der Waals surface area contributed by atoms with Gasteiger partial charge in [0.25, 0.3) is 5.78 Å². The van der Waals surface area contributed by atoms with E-state index in [1.54, 1.807) is 4.52 Å². The summed E-state index contributed by atoms with van der Waals surface area (Å²) >= 11 is 1.47. The fourth-order valence-corrected chi connectivity index (χ4v) is 3.76. The van der Waals surface area contributed by atoms with Gasteiger partial charge in [-0.1, -0.05) is 23.9 Å². The van der Waals surface area contributed by atoms with Crippen LogP contribution in [0, 0.1) is 13.8 Å². The third kappa shape index (κ3) is 3.95. The summed E-state index contributed by atoms with van der Waals surface area (Å²) in [5.41, 5.74) is 4.72. The molecule has 0 aliphatic carbocycles. The number of aryl methyl sites for hydroxylation is 3. The molecule has 0 unspecified atom stereocenters. The first-order valence-electron chi connectivity index (χ1n) is 9.50. The van der Waals surface area contributed by atoms with Gasteiger partial charge in [0, 0.05) is 30.0 Å². The van der Waals surface area contributed by atoms with Gasteiger partial charge < -0.3 is 9.88 Å². The van der Waals surface area contributed by atoms with E-state index < -0.39 is 0 Å². The lowest BCUT2D eigenvalue weighted by molar-refractivity contribution is -0.120. The molecule has 0 radical (unpaired) electrons. The zero-order valence-corrected chi connectivity index (χ0v) is 17.5. The Morgan fingerprint density at radius 3 is 2.86 bits per heavy atom. The van der Waals surface area contributed by atoms with Gasteiger partial charge in [-0.3, -0.25) is 4.79 Å². The summed E-state index contributed by atoms with van der Waals surface area (Å²) in [7, 11) is 0. The lowest BCUT2D eigenvalue weighted by Crippen LogP contribution is -2.27. The fourth-order valence-electron chi connectivity index (χ4n) is 3.42. The molecule has 0 bridgehead atoms. The van der Waals surface area contributed by atoms with Gasteiger partial charge in [-0.25, -0.2) is 14.5 Å². The van der Waals surface area contributed by atoms with Crippen molar-refractivity contribution < 1.29 is 4.79 Å². The molecule has 150 valence electrons. The quantitative estimate of drug-likeness (QED) is 0.373. The summed E-state index contributed by atoms with van der Waals surface area (Å²) in [6.45, 7) is 5.28. The number of carbonyl (C=O) groups is 1. The standard InChI is InChI=1S/C20H23N7OS/c1-13-15(14(2)27-19(23-13)24-20(25-27)29-3)11-18(28)21-9-6-10-26-12-22-16-7-4-5-8-17(16)26/h4-5,7-8,12H,6,9-11H2,1-3H3,(H,21,28). The van der Waals surface area contributed by atoms with Gasteiger partial charge in [-0.05, 0) is 38.7 Å². The van der Waals surface area contributed by atoms with Crippen molar-refractivity contribution in [2.24, 2.45) is 0 Å². The molecule has 4 aromatic rings. The van der Waals surface area contributed by atoms with Gasteiger partial charge in [0.05, 0.1) is 23.8 Å². The Kier molecular flexibility index (Phi) is 5.48. The van der Waals surface area contributed by atoms with E-state index >= 15 is 0 Å². The first-order chi connectivity index (χ1) is 14.1. The average Bonchev–Trinajstić information content (AvgIpc) is 3.32. The molecular formula is C20H23N7OS. The summed E-state index contributed by atoms with van der Waals surface area (Å²) in [5.74, 6) is 0.555. The molecule has 0 aliphatic heterocycles. The van der Waals surface area contributed by atoms with E-state index in [1.165, 1.54) is 11.8 Å². The molecular weight excluding hydrogens is 386 g/mol. The highest BCUT2D eigenvalue weighted by Gasteiger charge is 2.15. The normalized spacial score (nSPS) is 11.4. The number of hydrogen-bond acceptors (Lipinski definition) is 6. The Labute approximate surface area is 172 Å². The number of nitrogens with zero attached hydrogens (tertiary/aromatic N) is 6. The molecule has 0 atom stereocenters. The smallest absolute Gasteiger partial charge is 0.253 e. The number of carbonyl (C=O) groups excluding carboxylic acids is 1. The van der Waals surface area contributed by atoms with Crippen LogP contribution in [0.1, 0.15) is 23.4 Å². The maximum atomic E-state index is 12.5. The molecule has 0 fully saturated rings. The highest BCUT2D eigenvalue weighted by Crippen LogP contribution is 2.17. The Morgan fingerprint density at radius 2 is 2.03 bits per heavy atom. The minimum atomic E-state index is -0.0157. The molecule has 1 amide bonds. The van der Waals surface area contributed by atoms with Crippen LogP contribution in [0.3, 0.4) is 0 Å². The van der Waals surface area contributed by atoms with Crippen LogP contribution < -0.4 is 5.32 Å². The molecule has 9 heteroatoms. The number of benzene rings is 1. The minimum Gasteiger partial charge on any atom is -0.356 e. The third-order valence-corrected chi connectivity index (χ3v) is 5.51. The molecule has 0 spiro atoms. The fraction of sp³-hybridized carbons (Fsp3) is 0.350. The number of amides is 1. The SMILES string of the molecule is CSc1nc2nc(C)c(CC(=O)NCCCn3cnc4ccccc43)c(C)n2n1. The molecule has 0 saturated heterocycles. The Hall–Kier alpha value is -2.94. The van der Waals surface area contributed by atoms with E-state index in [1.807, 2.05) is 44.6 Å². The van der Waals surface area contributed by atoms with Crippen LogP contribution in [0.15, 0.2) is 35.7 Å². The summed E-state index contributed by atoms with van der Waals surface area (Å²) < 4.78 is 3.83. The number of fused-ring (bicyclic) bond motifs is 2. The van der Waals surface area contributed by atoms with E-state index in [0.717, 1.165) is 41.0 Å². The largest absolute Gasteiger partial charge is 0.356 e. The number of imidazole rings is 1. The number of rotatable bonds is 7. The van der Waals surface area contributed by atoms with E-state index in [-0.39, 0.29) is 12.3 Å². The van der Waals surface area contributed by atoms with E-state index in [4.69, 9.17) is 0 Å². The van der Waals surface area contributed by atoms with Gasteiger partial charge >= 0.3 is 0 Å². The lowest BCUT2D eigenvalue weighted by atomic mass is 10.1. The second-order valence-corrected chi connectivity index (χ2v) is 7.65. The van der Waals surface area contributed by atoms with Crippen molar-refractivity contribution in [2.45, 2.75) is 38.4 Å². The monoisotopic (exact) mass is 409 g/mol. The predicted molar refractivity (Wildman–Crippen MR) is 113 cm³/mol. The van der Waals surface area contributed by atoms with E-state index in [2.05, 4.69) is 36.0 Å². The average molecular weight is 410 g/mol. The minimum absolute atomic E-state index is 0.0157. The van der Waals surface area contributed by atoms with Crippen LogP contribution in [-0.4, -0.2) is 47.8 Å². The zero-order valence-electron chi connectivity index (χ0n) is 16.7. The van der Waals surface area contributed by atoms with Crippen LogP contribution in [0.25, 0.3) is 16.8 Å². The third-order valence-electron chi connectivity index (χ3n) is 4.97. The zero-order chi connectivity index (χ0) is 20.4. The van der Waals surface area contributed by atoms with E-state index in [0.29, 0.717) is 17.5 Å². The maximum Gasteiger partial charge on any atom is 0.253 e. The molecule has 0 aliphatic rings. The summed E-state index contributed by atoms with van der Waals surface area (Å²) in [5, 5.41) is 8.12. The van der Waals surface area contributed by atoms with Crippen LogP contribution >= 0.6 is 11.8 Å². The second-order valence-electron chi connectivity index (χ2n) is 6.88. The van der Waals surface area contributed by atoms with Crippen molar-refractivity contribution >= 4 is 34.5 Å². The van der Waals surface area contributed by atoms with Crippen LogP contribution in [0.5, 0.6) is 0 Å². The Balaban J connectivity index is 1.36. The second kappa shape index (κ2) is 8.20. The molecule has 8 nitrogen and oxygen atoms in total. The summed E-state index contributed by atoms with van der Waals surface area (Å²) in [6.07, 6.45) is 4.89. The lowest BCUT2D eigenvalue weighted by Gasteiger charge is -2.11. The molecule has 0 saturated carbocycles. The van der Waals surface area contributed by atoms with Crippen LogP contribution in [-0.2, 0) is 17.8 Å². The number of thioether (sulfide) groups is 1. The first kappa shape index (κ1) is 19.4. The topological polar surface area (TPSA) is 90.0 Å². The molecule has 3 heterocycles. The number of nitrogens with one attached hydrogen (secondary N) is 1. The van der Waals surface area contributed by atoms with Gasteiger partial charge in [0.2, 0.25) is 11.1 Å². The van der Waals surface area contributed by atoms with Gasteiger partial charge in [-0.15, -0.1) is 5.10 Å². The van der Waals surface area contributed by atoms with Crippen LogP contribution in [0.2, 0.25) is 0 Å². The molecule has 3 aromatic heterocycles. The van der Waals surface area contributed by atoms with Gasteiger partial charge in [-0.2, -0.15) is 4.98 Å². The number of hydrogen-bond donors (Lipinski definition) is 1.